The number of nitrogens with zero attached hydrogens (tertiary/aromatic N) is 3. The van der Waals surface area contributed by atoms with Gasteiger partial charge in [0.1, 0.15) is 5.82 Å². The van der Waals surface area contributed by atoms with Crippen LogP contribution in [0.25, 0.3) is 11.4 Å². The molecule has 1 aliphatic carbocycles. The molecule has 0 N–H and O–H groups in total. The Bertz CT molecular complexity index is 1060. The van der Waals surface area contributed by atoms with E-state index in [2.05, 4.69) is 16.2 Å². The standard InChI is InChI=1S/C23H22FN3O2/c24-18-9-1-7-16(13-18)21-25-22(29-26-21)17-8-4-12-27(14-17)23(28)20-11-3-6-15-5-2-10-19(15)20/h1,3,6-7,9,11,13,17H,2,4-5,8,10,12,14H2. The number of carbonyl (C=O) groups is 1. The van der Waals surface area contributed by atoms with Crippen molar-refractivity contribution in [1.82, 2.24) is 15.0 Å². The minimum Gasteiger partial charge on any atom is -0.339 e. The van der Waals surface area contributed by atoms with Crippen LogP contribution in [0.3, 0.4) is 0 Å². The van der Waals surface area contributed by atoms with Gasteiger partial charge in [0.05, 0.1) is 5.92 Å². The predicted octanol–water partition coefficient (Wildman–Crippen LogP) is 4.38. The maximum atomic E-state index is 13.5. The van der Waals surface area contributed by atoms with Gasteiger partial charge in [-0.1, -0.05) is 29.4 Å². The number of aromatic nitrogens is 2. The molecule has 29 heavy (non-hydrogen) atoms. The first-order chi connectivity index (χ1) is 14.2. The first-order valence-corrected chi connectivity index (χ1v) is 10.2. The van der Waals surface area contributed by atoms with E-state index in [0.717, 1.165) is 44.2 Å². The molecule has 6 heteroatoms. The van der Waals surface area contributed by atoms with Crippen molar-refractivity contribution in [2.75, 3.05) is 13.1 Å². The molecule has 0 radical (unpaired) electrons. The Kier molecular flexibility index (Phi) is 4.62. The average Bonchev–Trinajstić information content (AvgIpc) is 3.43. The van der Waals surface area contributed by atoms with Crippen LogP contribution in [0.15, 0.2) is 47.0 Å². The summed E-state index contributed by atoms with van der Waals surface area (Å²) in [5, 5.41) is 4.02. The Labute approximate surface area is 168 Å². The van der Waals surface area contributed by atoms with Crippen molar-refractivity contribution in [2.45, 2.75) is 38.0 Å². The van der Waals surface area contributed by atoms with Gasteiger partial charge in [-0.15, -0.1) is 0 Å². The van der Waals surface area contributed by atoms with E-state index in [4.69, 9.17) is 4.52 Å². The van der Waals surface area contributed by atoms with Gasteiger partial charge in [0.15, 0.2) is 0 Å². The Balaban J connectivity index is 1.35. The summed E-state index contributed by atoms with van der Waals surface area (Å²) in [5.74, 6) is 0.653. The van der Waals surface area contributed by atoms with E-state index in [9.17, 15) is 9.18 Å². The zero-order valence-corrected chi connectivity index (χ0v) is 16.1. The molecule has 0 saturated carbocycles. The fraction of sp³-hybridized carbons (Fsp3) is 0.348. The lowest BCUT2D eigenvalue weighted by Gasteiger charge is -2.31. The number of aryl methyl sites for hydroxylation is 1. The minimum absolute atomic E-state index is 0.000676. The molecule has 148 valence electrons. The van der Waals surface area contributed by atoms with Crippen molar-refractivity contribution in [3.05, 3.63) is 70.9 Å². The average molecular weight is 391 g/mol. The van der Waals surface area contributed by atoms with Crippen LogP contribution in [-0.2, 0) is 12.8 Å². The normalized spacial score (nSPS) is 18.7. The van der Waals surface area contributed by atoms with Crippen molar-refractivity contribution in [3.63, 3.8) is 0 Å². The number of fused-ring (bicyclic) bond motifs is 1. The van der Waals surface area contributed by atoms with E-state index in [-0.39, 0.29) is 17.6 Å². The monoisotopic (exact) mass is 391 g/mol. The van der Waals surface area contributed by atoms with E-state index in [0.29, 0.717) is 23.8 Å². The molecule has 1 aliphatic heterocycles. The summed E-state index contributed by atoms with van der Waals surface area (Å²) in [7, 11) is 0. The Morgan fingerprint density at radius 3 is 2.93 bits per heavy atom. The second kappa shape index (κ2) is 7.43. The molecule has 1 atom stereocenters. The minimum atomic E-state index is -0.335. The number of amides is 1. The molecule has 3 aromatic rings. The van der Waals surface area contributed by atoms with Crippen molar-refractivity contribution in [1.29, 1.82) is 0 Å². The lowest BCUT2D eigenvalue weighted by atomic mass is 9.96. The third-order valence-electron chi connectivity index (χ3n) is 5.96. The Hall–Kier alpha value is -3.02. The molecule has 1 saturated heterocycles. The largest absolute Gasteiger partial charge is 0.339 e. The van der Waals surface area contributed by atoms with Crippen LogP contribution in [-0.4, -0.2) is 34.0 Å². The van der Waals surface area contributed by atoms with E-state index >= 15 is 0 Å². The lowest BCUT2D eigenvalue weighted by molar-refractivity contribution is 0.0694. The summed E-state index contributed by atoms with van der Waals surface area (Å²) in [5.41, 5.74) is 3.95. The van der Waals surface area contributed by atoms with E-state index < -0.39 is 0 Å². The third-order valence-corrected chi connectivity index (χ3v) is 5.96. The molecule has 0 spiro atoms. The summed E-state index contributed by atoms with van der Waals surface area (Å²) in [6.07, 6.45) is 4.94. The summed E-state index contributed by atoms with van der Waals surface area (Å²) in [4.78, 5) is 19.6. The molecule has 1 fully saturated rings. The summed E-state index contributed by atoms with van der Waals surface area (Å²) in [6.45, 7) is 1.30. The highest BCUT2D eigenvalue weighted by molar-refractivity contribution is 5.96. The van der Waals surface area contributed by atoms with Crippen LogP contribution < -0.4 is 0 Å². The number of hydrogen-bond donors (Lipinski definition) is 0. The van der Waals surface area contributed by atoms with Gasteiger partial charge in [-0.2, -0.15) is 4.98 Å². The first kappa shape index (κ1) is 18.0. The summed E-state index contributed by atoms with van der Waals surface area (Å²) in [6, 6.07) is 12.2. The topological polar surface area (TPSA) is 59.2 Å². The van der Waals surface area contributed by atoms with Gasteiger partial charge >= 0.3 is 0 Å². The third kappa shape index (κ3) is 3.43. The lowest BCUT2D eigenvalue weighted by Crippen LogP contribution is -2.39. The van der Waals surface area contributed by atoms with Gasteiger partial charge < -0.3 is 9.42 Å². The van der Waals surface area contributed by atoms with Crippen LogP contribution in [0.4, 0.5) is 4.39 Å². The first-order valence-electron chi connectivity index (χ1n) is 10.2. The van der Waals surface area contributed by atoms with Crippen molar-refractivity contribution in [3.8, 4) is 11.4 Å². The van der Waals surface area contributed by atoms with Gasteiger partial charge in [-0.05, 0) is 61.4 Å². The van der Waals surface area contributed by atoms with Crippen molar-refractivity contribution < 1.29 is 13.7 Å². The molecule has 0 bridgehead atoms. The van der Waals surface area contributed by atoms with E-state index in [1.165, 1.54) is 23.3 Å². The highest BCUT2D eigenvalue weighted by Crippen LogP contribution is 2.31. The zero-order valence-electron chi connectivity index (χ0n) is 16.1. The number of halogens is 1. The molecule has 2 heterocycles. The quantitative estimate of drug-likeness (QED) is 0.665. The fourth-order valence-corrected chi connectivity index (χ4v) is 4.50. The number of likely N-dealkylation sites (tertiary alicyclic amines) is 1. The van der Waals surface area contributed by atoms with Crippen LogP contribution >= 0.6 is 0 Å². The summed E-state index contributed by atoms with van der Waals surface area (Å²) < 4.78 is 19.0. The van der Waals surface area contributed by atoms with Gasteiger partial charge in [-0.3, -0.25) is 4.79 Å². The molecule has 1 unspecified atom stereocenters. The van der Waals surface area contributed by atoms with Gasteiger partial charge in [-0.25, -0.2) is 4.39 Å². The second-order valence-electron chi connectivity index (χ2n) is 7.85. The molecule has 1 aromatic heterocycles. The fourth-order valence-electron chi connectivity index (χ4n) is 4.50. The van der Waals surface area contributed by atoms with E-state index in [1.54, 1.807) is 12.1 Å². The van der Waals surface area contributed by atoms with Crippen LogP contribution in [0.2, 0.25) is 0 Å². The summed E-state index contributed by atoms with van der Waals surface area (Å²) >= 11 is 0. The van der Waals surface area contributed by atoms with Gasteiger partial charge in [0.25, 0.3) is 5.91 Å². The Morgan fingerprint density at radius 1 is 1.14 bits per heavy atom. The maximum Gasteiger partial charge on any atom is 0.254 e. The molecule has 5 nitrogen and oxygen atoms in total. The van der Waals surface area contributed by atoms with Crippen LogP contribution in [0.5, 0.6) is 0 Å². The number of carbonyl (C=O) groups excluding carboxylic acids is 1. The number of hydrogen-bond acceptors (Lipinski definition) is 4. The highest BCUT2D eigenvalue weighted by Gasteiger charge is 2.30. The Morgan fingerprint density at radius 2 is 2.03 bits per heavy atom. The number of rotatable bonds is 3. The second-order valence-corrected chi connectivity index (χ2v) is 7.85. The molecule has 5 rings (SSSR count). The smallest absolute Gasteiger partial charge is 0.254 e. The zero-order chi connectivity index (χ0) is 19.8. The van der Waals surface area contributed by atoms with E-state index in [1.807, 2.05) is 17.0 Å². The molecule has 2 aromatic carbocycles. The van der Waals surface area contributed by atoms with Crippen LogP contribution in [0.1, 0.15) is 52.6 Å². The SMILES string of the molecule is O=C(c1cccc2c1CCC2)N1CCCC(c2nc(-c3cccc(F)c3)no2)C1. The molecular weight excluding hydrogens is 369 g/mol. The number of benzene rings is 2. The van der Waals surface area contributed by atoms with Gasteiger partial charge in [0, 0.05) is 24.2 Å². The maximum absolute atomic E-state index is 13.5. The highest BCUT2D eigenvalue weighted by atomic mass is 19.1. The van der Waals surface area contributed by atoms with Crippen molar-refractivity contribution in [2.24, 2.45) is 0 Å². The predicted molar refractivity (Wildman–Crippen MR) is 106 cm³/mol. The van der Waals surface area contributed by atoms with Crippen LogP contribution in [0, 0.1) is 5.82 Å². The number of piperidine rings is 1. The molecule has 1 amide bonds. The van der Waals surface area contributed by atoms with Gasteiger partial charge in [0.2, 0.25) is 11.7 Å². The molecular formula is C23H22FN3O2. The molecule has 2 aliphatic rings. The van der Waals surface area contributed by atoms with Crippen molar-refractivity contribution >= 4 is 5.91 Å².